The molecule has 0 spiro atoms. The van der Waals surface area contributed by atoms with Crippen LogP contribution in [0.25, 0.3) is 10.4 Å². The molecule has 3 rings (SSSR count). The molecule has 1 atom stereocenters. The van der Waals surface area contributed by atoms with E-state index in [2.05, 4.69) is 0 Å². The average molecular weight is 345 g/mol. The van der Waals surface area contributed by atoms with Crippen molar-refractivity contribution in [2.45, 2.75) is 6.92 Å². The Hall–Kier alpha value is -2.15. The van der Waals surface area contributed by atoms with E-state index in [4.69, 9.17) is 0 Å². The largest absolute Gasteiger partial charge is 0.508 e. The molecule has 0 aliphatic carbocycles. The maximum Gasteiger partial charge on any atom is 0.266 e. The molecule has 6 heteroatoms. The van der Waals surface area contributed by atoms with Gasteiger partial charge in [-0.3, -0.25) is 4.55 Å². The number of phenols is 1. The van der Waals surface area contributed by atoms with Crippen molar-refractivity contribution in [3.63, 3.8) is 0 Å². The van der Waals surface area contributed by atoms with Gasteiger partial charge in [-0.05, 0) is 42.3 Å². The number of rotatable bonds is 4. The first kappa shape index (κ1) is 15.7. The zero-order valence-electron chi connectivity index (χ0n) is 12.3. The molecule has 4 nitrogen and oxygen atoms in total. The van der Waals surface area contributed by atoms with Crippen LogP contribution >= 0.6 is 11.3 Å². The minimum atomic E-state index is -2.17. The highest BCUT2D eigenvalue weighted by Crippen LogP contribution is 2.37. The van der Waals surface area contributed by atoms with Gasteiger partial charge >= 0.3 is 0 Å². The summed E-state index contributed by atoms with van der Waals surface area (Å²) < 4.78 is 23.0. The molecule has 1 unspecified atom stereocenters. The van der Waals surface area contributed by atoms with Gasteiger partial charge in [-0.15, -0.1) is 11.3 Å². The SMILES string of the molecule is Cc1ccccc1N(c1csc(-c2cccc(O)c2)c1)S(=O)O. The molecule has 23 heavy (non-hydrogen) atoms. The monoisotopic (exact) mass is 345 g/mol. The fraction of sp³-hybridized carbons (Fsp3) is 0.0588. The van der Waals surface area contributed by atoms with Crippen molar-refractivity contribution in [1.82, 2.24) is 0 Å². The smallest absolute Gasteiger partial charge is 0.266 e. The van der Waals surface area contributed by atoms with Crippen LogP contribution in [-0.4, -0.2) is 13.9 Å². The van der Waals surface area contributed by atoms with E-state index in [1.807, 2.05) is 48.7 Å². The predicted octanol–water partition coefficient (Wildman–Crippen LogP) is 4.70. The van der Waals surface area contributed by atoms with Crippen LogP contribution in [0.3, 0.4) is 0 Å². The van der Waals surface area contributed by atoms with Gasteiger partial charge in [-0.2, -0.15) is 0 Å². The maximum absolute atomic E-state index is 11.9. The van der Waals surface area contributed by atoms with Crippen molar-refractivity contribution in [2.75, 3.05) is 4.31 Å². The van der Waals surface area contributed by atoms with E-state index in [-0.39, 0.29) is 5.75 Å². The third-order valence-corrected chi connectivity index (χ3v) is 5.13. The number of phenolic OH excluding ortho intramolecular Hbond substituents is 1. The highest BCUT2D eigenvalue weighted by Gasteiger charge is 2.18. The Balaban J connectivity index is 2.03. The van der Waals surface area contributed by atoms with Gasteiger partial charge in [0, 0.05) is 10.3 Å². The van der Waals surface area contributed by atoms with Crippen LogP contribution in [0, 0.1) is 6.92 Å². The first-order valence-electron chi connectivity index (χ1n) is 6.91. The Morgan fingerprint density at radius 1 is 1.09 bits per heavy atom. The molecule has 1 heterocycles. The molecule has 118 valence electrons. The summed E-state index contributed by atoms with van der Waals surface area (Å²) in [6.07, 6.45) is 0. The lowest BCUT2D eigenvalue weighted by molar-refractivity contribution is 0.475. The molecule has 0 aliphatic rings. The number of hydrogen-bond donors (Lipinski definition) is 2. The standard InChI is InChI=1S/C17H15NO3S2/c1-12-5-2-3-8-16(12)18(23(20)21)14-10-17(22-11-14)13-6-4-7-15(19)9-13/h2-11,19H,1H3,(H,20,21). The van der Waals surface area contributed by atoms with Crippen LogP contribution in [-0.2, 0) is 11.3 Å². The van der Waals surface area contributed by atoms with Gasteiger partial charge in [0.15, 0.2) is 0 Å². The second kappa shape index (κ2) is 6.54. The van der Waals surface area contributed by atoms with Gasteiger partial charge in [0.1, 0.15) is 5.75 Å². The fourth-order valence-corrected chi connectivity index (χ4v) is 3.95. The van der Waals surface area contributed by atoms with Crippen LogP contribution in [0.15, 0.2) is 60.0 Å². The Morgan fingerprint density at radius 2 is 1.87 bits per heavy atom. The molecule has 0 saturated heterocycles. The van der Waals surface area contributed by atoms with Gasteiger partial charge in [0.2, 0.25) is 0 Å². The highest BCUT2D eigenvalue weighted by molar-refractivity contribution is 7.81. The van der Waals surface area contributed by atoms with Crippen LogP contribution in [0.5, 0.6) is 5.75 Å². The maximum atomic E-state index is 11.9. The van der Waals surface area contributed by atoms with Crippen LogP contribution in [0.1, 0.15) is 5.56 Å². The molecule has 0 bridgehead atoms. The van der Waals surface area contributed by atoms with Crippen molar-refractivity contribution < 1.29 is 13.9 Å². The summed E-state index contributed by atoms with van der Waals surface area (Å²) in [4.78, 5) is 0.917. The van der Waals surface area contributed by atoms with Crippen molar-refractivity contribution in [3.8, 4) is 16.2 Å². The Bertz CT molecular complexity index is 860. The first-order valence-corrected chi connectivity index (χ1v) is 8.85. The van der Waals surface area contributed by atoms with E-state index in [0.717, 1.165) is 16.0 Å². The molecule has 0 radical (unpaired) electrons. The van der Waals surface area contributed by atoms with Crippen LogP contribution in [0.2, 0.25) is 0 Å². The van der Waals surface area contributed by atoms with E-state index in [9.17, 15) is 13.9 Å². The second-order valence-electron chi connectivity index (χ2n) is 5.03. The second-order valence-corrected chi connectivity index (χ2v) is 6.77. The lowest BCUT2D eigenvalue weighted by Gasteiger charge is -2.20. The predicted molar refractivity (Wildman–Crippen MR) is 95.5 cm³/mol. The number of thiophene rings is 1. The van der Waals surface area contributed by atoms with E-state index in [1.54, 1.807) is 18.2 Å². The fourth-order valence-electron chi connectivity index (χ4n) is 2.35. The molecule has 0 aliphatic heterocycles. The molecule has 2 aromatic carbocycles. The zero-order chi connectivity index (χ0) is 16.4. The highest BCUT2D eigenvalue weighted by atomic mass is 32.2. The minimum absolute atomic E-state index is 0.193. The van der Waals surface area contributed by atoms with Crippen LogP contribution < -0.4 is 4.31 Å². The van der Waals surface area contributed by atoms with E-state index >= 15 is 0 Å². The lowest BCUT2D eigenvalue weighted by atomic mass is 10.1. The quantitative estimate of drug-likeness (QED) is 0.674. The van der Waals surface area contributed by atoms with Gasteiger partial charge in [0.25, 0.3) is 11.3 Å². The topological polar surface area (TPSA) is 60.8 Å². The molecule has 0 amide bonds. The summed E-state index contributed by atoms with van der Waals surface area (Å²) in [6.45, 7) is 1.90. The Morgan fingerprint density at radius 3 is 2.57 bits per heavy atom. The molecular weight excluding hydrogens is 330 g/mol. The van der Waals surface area contributed by atoms with Crippen molar-refractivity contribution >= 4 is 34.0 Å². The Labute approximate surface area is 141 Å². The van der Waals surface area contributed by atoms with Gasteiger partial charge in [-0.25, -0.2) is 8.51 Å². The van der Waals surface area contributed by atoms with Crippen LogP contribution in [0.4, 0.5) is 11.4 Å². The number of aromatic hydroxyl groups is 1. The number of hydrogen-bond acceptors (Lipinski definition) is 3. The number of aryl methyl sites for hydroxylation is 1. The zero-order valence-corrected chi connectivity index (χ0v) is 14.0. The molecule has 1 aromatic heterocycles. The van der Waals surface area contributed by atoms with Crippen molar-refractivity contribution in [3.05, 3.63) is 65.5 Å². The molecule has 3 aromatic rings. The van der Waals surface area contributed by atoms with Crippen molar-refractivity contribution in [1.29, 1.82) is 0 Å². The van der Waals surface area contributed by atoms with E-state index < -0.39 is 11.3 Å². The molecule has 2 N–H and O–H groups in total. The van der Waals surface area contributed by atoms with Crippen molar-refractivity contribution in [2.24, 2.45) is 0 Å². The summed E-state index contributed by atoms with van der Waals surface area (Å²) in [5, 5.41) is 11.4. The Kier molecular flexibility index (Phi) is 4.47. The third-order valence-electron chi connectivity index (χ3n) is 3.44. The summed E-state index contributed by atoms with van der Waals surface area (Å²) in [7, 11) is 0. The average Bonchev–Trinajstić information content (AvgIpc) is 2.99. The lowest BCUT2D eigenvalue weighted by Crippen LogP contribution is -2.19. The molecule has 0 saturated carbocycles. The third kappa shape index (κ3) is 3.29. The molecular formula is C17H15NO3S2. The minimum Gasteiger partial charge on any atom is -0.508 e. The van der Waals surface area contributed by atoms with E-state index in [1.165, 1.54) is 15.6 Å². The number of anilines is 2. The number of para-hydroxylation sites is 1. The van der Waals surface area contributed by atoms with Gasteiger partial charge < -0.3 is 5.11 Å². The number of nitrogens with zero attached hydrogens (tertiary/aromatic N) is 1. The summed E-state index contributed by atoms with van der Waals surface area (Å²) in [5.41, 5.74) is 3.12. The van der Waals surface area contributed by atoms with Gasteiger partial charge in [0.05, 0.1) is 11.4 Å². The van der Waals surface area contributed by atoms with Gasteiger partial charge in [-0.1, -0.05) is 30.3 Å². The number of benzene rings is 2. The normalized spacial score (nSPS) is 12.1. The summed E-state index contributed by atoms with van der Waals surface area (Å²) in [5.74, 6) is 0.193. The summed E-state index contributed by atoms with van der Waals surface area (Å²) >= 11 is -0.713. The summed E-state index contributed by atoms with van der Waals surface area (Å²) in [6, 6.07) is 16.2. The first-order chi connectivity index (χ1) is 11.1. The van der Waals surface area contributed by atoms with E-state index in [0.29, 0.717) is 11.4 Å². The molecule has 0 fully saturated rings.